The van der Waals surface area contributed by atoms with Crippen LogP contribution in [0.1, 0.15) is 11.3 Å². The molecule has 0 bridgehead atoms. The van der Waals surface area contributed by atoms with E-state index in [0.717, 1.165) is 58.2 Å². The highest BCUT2D eigenvalue weighted by atomic mass is 19.1. The van der Waals surface area contributed by atoms with Gasteiger partial charge in [-0.2, -0.15) is 0 Å². The van der Waals surface area contributed by atoms with Gasteiger partial charge in [0.05, 0.1) is 18.9 Å². The molecular weight excluding hydrogens is 367 g/mol. The minimum atomic E-state index is -0.211. The molecule has 6 heteroatoms. The molecule has 0 N–H and O–H groups in total. The van der Waals surface area contributed by atoms with Crippen molar-refractivity contribution in [2.75, 3.05) is 39.4 Å². The predicted octanol–water partition coefficient (Wildman–Crippen LogP) is 3.35. The Balaban J connectivity index is 1.50. The van der Waals surface area contributed by atoms with Crippen LogP contribution in [0.25, 0.3) is 5.69 Å². The molecule has 0 unspecified atom stereocenters. The van der Waals surface area contributed by atoms with Gasteiger partial charge in [-0.3, -0.25) is 14.8 Å². The summed E-state index contributed by atoms with van der Waals surface area (Å²) in [5.74, 6) is -0.211. The highest BCUT2D eigenvalue weighted by Crippen LogP contribution is 2.18. The second-order valence-corrected chi connectivity index (χ2v) is 7.35. The molecule has 0 spiro atoms. The third-order valence-electron chi connectivity index (χ3n) is 5.30. The topological polar surface area (TPSA) is 33.5 Å². The maximum Gasteiger partial charge on any atom is 0.147 e. The second kappa shape index (κ2) is 9.78. The first-order valence-electron chi connectivity index (χ1n) is 10.1. The minimum absolute atomic E-state index is 0.211. The van der Waals surface area contributed by atoms with E-state index in [4.69, 9.17) is 4.74 Å². The van der Waals surface area contributed by atoms with Crippen molar-refractivity contribution < 1.29 is 9.13 Å². The Hall–Kier alpha value is -2.54. The van der Waals surface area contributed by atoms with Crippen molar-refractivity contribution in [2.45, 2.75) is 13.1 Å². The Morgan fingerprint density at radius 1 is 1.00 bits per heavy atom. The summed E-state index contributed by atoms with van der Waals surface area (Å²) in [5.41, 5.74) is 2.83. The van der Waals surface area contributed by atoms with Gasteiger partial charge in [-0.15, -0.1) is 0 Å². The first-order chi connectivity index (χ1) is 14.3. The van der Waals surface area contributed by atoms with E-state index in [9.17, 15) is 4.39 Å². The van der Waals surface area contributed by atoms with Crippen LogP contribution >= 0.6 is 0 Å². The molecule has 1 fully saturated rings. The Morgan fingerprint density at radius 2 is 1.86 bits per heavy atom. The molecule has 1 aliphatic heterocycles. The third kappa shape index (κ3) is 5.29. The van der Waals surface area contributed by atoms with E-state index in [0.29, 0.717) is 5.69 Å². The van der Waals surface area contributed by atoms with Crippen molar-refractivity contribution in [1.29, 1.82) is 0 Å². The van der Waals surface area contributed by atoms with Crippen LogP contribution in [0, 0.1) is 5.82 Å². The van der Waals surface area contributed by atoms with Gasteiger partial charge >= 0.3 is 0 Å². The quantitative estimate of drug-likeness (QED) is 0.587. The Kier molecular flexibility index (Phi) is 6.67. The van der Waals surface area contributed by atoms with Gasteiger partial charge in [-0.1, -0.05) is 18.2 Å². The summed E-state index contributed by atoms with van der Waals surface area (Å²) in [7, 11) is 0. The zero-order valence-corrected chi connectivity index (χ0v) is 16.6. The highest BCUT2D eigenvalue weighted by molar-refractivity contribution is 5.36. The fourth-order valence-corrected chi connectivity index (χ4v) is 3.73. The first kappa shape index (κ1) is 19.8. The number of morpholine rings is 1. The summed E-state index contributed by atoms with van der Waals surface area (Å²) >= 11 is 0. The maximum atomic E-state index is 14.3. The summed E-state index contributed by atoms with van der Waals surface area (Å²) in [6, 6.07) is 15.0. The molecule has 2 aromatic heterocycles. The number of rotatable bonds is 8. The van der Waals surface area contributed by atoms with Crippen molar-refractivity contribution in [3.63, 3.8) is 0 Å². The van der Waals surface area contributed by atoms with E-state index in [1.54, 1.807) is 12.3 Å². The summed E-state index contributed by atoms with van der Waals surface area (Å²) in [4.78, 5) is 9.10. The van der Waals surface area contributed by atoms with Crippen LogP contribution < -0.4 is 0 Å². The zero-order valence-electron chi connectivity index (χ0n) is 16.6. The van der Waals surface area contributed by atoms with Gasteiger partial charge in [0.25, 0.3) is 0 Å². The largest absolute Gasteiger partial charge is 0.379 e. The molecule has 3 heterocycles. The van der Waals surface area contributed by atoms with Gasteiger partial charge in [-0.25, -0.2) is 4.39 Å². The Labute approximate surface area is 171 Å². The lowest BCUT2D eigenvalue weighted by Gasteiger charge is -2.30. The van der Waals surface area contributed by atoms with Gasteiger partial charge in [0.1, 0.15) is 5.82 Å². The molecular formula is C23H27FN4O. The van der Waals surface area contributed by atoms with E-state index in [1.807, 2.05) is 41.2 Å². The molecule has 1 aliphatic rings. The summed E-state index contributed by atoms with van der Waals surface area (Å²) < 4.78 is 21.8. The van der Waals surface area contributed by atoms with Gasteiger partial charge in [-0.05, 0) is 35.9 Å². The molecule has 0 amide bonds. The standard InChI is InChI=1S/C23H27FN4O/c24-22-7-1-2-8-23(22)28-10-4-6-21(28)19-27(18-20-5-3-9-25-17-20)12-11-26-13-15-29-16-14-26/h1-10,17H,11-16,18-19H2. The van der Waals surface area contributed by atoms with Crippen LogP contribution in [0.4, 0.5) is 4.39 Å². The molecule has 3 aromatic rings. The van der Waals surface area contributed by atoms with Crippen LogP contribution in [0.2, 0.25) is 0 Å². The minimum Gasteiger partial charge on any atom is -0.379 e. The fraction of sp³-hybridized carbons (Fsp3) is 0.348. The number of benzene rings is 1. The smallest absolute Gasteiger partial charge is 0.147 e. The summed E-state index contributed by atoms with van der Waals surface area (Å²) in [5, 5.41) is 0. The highest BCUT2D eigenvalue weighted by Gasteiger charge is 2.16. The summed E-state index contributed by atoms with van der Waals surface area (Å²) in [6.45, 7) is 7.03. The molecule has 4 rings (SSSR count). The number of halogens is 1. The van der Waals surface area contributed by atoms with E-state index < -0.39 is 0 Å². The number of hydrogen-bond acceptors (Lipinski definition) is 4. The van der Waals surface area contributed by atoms with Gasteiger partial charge in [0.15, 0.2) is 0 Å². The zero-order chi connectivity index (χ0) is 19.9. The lowest BCUT2D eigenvalue weighted by molar-refractivity contribution is 0.0324. The van der Waals surface area contributed by atoms with Crippen molar-refractivity contribution in [3.05, 3.63) is 84.2 Å². The van der Waals surface area contributed by atoms with Crippen molar-refractivity contribution >= 4 is 0 Å². The van der Waals surface area contributed by atoms with Crippen molar-refractivity contribution in [3.8, 4) is 5.69 Å². The van der Waals surface area contributed by atoms with Crippen LogP contribution in [-0.4, -0.2) is 58.7 Å². The first-order valence-corrected chi connectivity index (χ1v) is 10.1. The van der Waals surface area contributed by atoms with Crippen LogP contribution in [0.3, 0.4) is 0 Å². The average Bonchev–Trinajstić information content (AvgIpc) is 3.22. The molecule has 0 radical (unpaired) electrons. The lowest BCUT2D eigenvalue weighted by Crippen LogP contribution is -2.41. The van der Waals surface area contributed by atoms with Gasteiger partial charge in [0.2, 0.25) is 0 Å². The van der Waals surface area contributed by atoms with Gasteiger partial charge in [0, 0.05) is 63.6 Å². The average molecular weight is 394 g/mol. The van der Waals surface area contributed by atoms with Gasteiger partial charge < -0.3 is 9.30 Å². The Morgan fingerprint density at radius 3 is 2.66 bits per heavy atom. The number of hydrogen-bond donors (Lipinski definition) is 0. The van der Waals surface area contributed by atoms with E-state index >= 15 is 0 Å². The number of aromatic nitrogens is 2. The molecule has 152 valence electrons. The molecule has 1 saturated heterocycles. The number of nitrogens with zero attached hydrogens (tertiary/aromatic N) is 4. The third-order valence-corrected chi connectivity index (χ3v) is 5.30. The van der Waals surface area contributed by atoms with E-state index in [-0.39, 0.29) is 5.82 Å². The fourth-order valence-electron chi connectivity index (χ4n) is 3.73. The van der Waals surface area contributed by atoms with Crippen LogP contribution in [0.5, 0.6) is 0 Å². The number of ether oxygens (including phenoxy) is 1. The number of para-hydroxylation sites is 1. The Bertz CT molecular complexity index is 893. The maximum absolute atomic E-state index is 14.3. The molecule has 0 saturated carbocycles. The van der Waals surface area contributed by atoms with Crippen molar-refractivity contribution in [1.82, 2.24) is 19.4 Å². The monoisotopic (exact) mass is 394 g/mol. The molecule has 29 heavy (non-hydrogen) atoms. The van der Waals surface area contributed by atoms with E-state index in [1.165, 1.54) is 11.6 Å². The molecule has 0 aliphatic carbocycles. The number of pyridine rings is 1. The normalized spacial score (nSPS) is 15.1. The van der Waals surface area contributed by atoms with Crippen LogP contribution in [-0.2, 0) is 17.8 Å². The van der Waals surface area contributed by atoms with Crippen LogP contribution in [0.15, 0.2) is 67.1 Å². The van der Waals surface area contributed by atoms with E-state index in [2.05, 4.69) is 26.9 Å². The molecule has 5 nitrogen and oxygen atoms in total. The van der Waals surface area contributed by atoms with Crippen molar-refractivity contribution in [2.24, 2.45) is 0 Å². The molecule has 0 atom stereocenters. The predicted molar refractivity (Wildman–Crippen MR) is 111 cm³/mol. The SMILES string of the molecule is Fc1ccccc1-n1cccc1CN(CCN1CCOCC1)Cc1cccnc1. The summed E-state index contributed by atoms with van der Waals surface area (Å²) in [6.07, 6.45) is 5.64. The lowest BCUT2D eigenvalue weighted by atomic mass is 10.2. The second-order valence-electron chi connectivity index (χ2n) is 7.35. The molecule has 1 aromatic carbocycles.